The number of amides is 2. The molecule has 0 saturated carbocycles. The summed E-state index contributed by atoms with van der Waals surface area (Å²) in [6.45, 7) is 4.07. The van der Waals surface area contributed by atoms with E-state index in [-0.39, 0.29) is 11.8 Å². The van der Waals surface area contributed by atoms with E-state index in [1.54, 1.807) is 23.2 Å². The minimum absolute atomic E-state index is 0.0390. The lowest BCUT2D eigenvalue weighted by Crippen LogP contribution is -2.50. The Bertz CT molecular complexity index is 427. The van der Waals surface area contributed by atoms with Gasteiger partial charge in [-0.2, -0.15) is 0 Å². The Labute approximate surface area is 116 Å². The maximum absolute atomic E-state index is 12.1. The zero-order chi connectivity index (χ0) is 13.7. The van der Waals surface area contributed by atoms with Crippen molar-refractivity contribution in [2.45, 2.75) is 19.4 Å². The van der Waals surface area contributed by atoms with E-state index in [0.717, 1.165) is 4.88 Å². The summed E-state index contributed by atoms with van der Waals surface area (Å²) in [4.78, 5) is 26.6. The fourth-order valence-electron chi connectivity index (χ4n) is 1.98. The van der Waals surface area contributed by atoms with E-state index in [9.17, 15) is 9.59 Å². The molecular formula is C13H18N2O3S. The van der Waals surface area contributed by atoms with E-state index in [2.05, 4.69) is 5.32 Å². The van der Waals surface area contributed by atoms with Crippen LogP contribution in [0.15, 0.2) is 17.5 Å². The van der Waals surface area contributed by atoms with E-state index in [1.165, 1.54) is 0 Å². The molecule has 0 bridgehead atoms. The van der Waals surface area contributed by atoms with E-state index < -0.39 is 6.04 Å². The van der Waals surface area contributed by atoms with Crippen molar-refractivity contribution in [3.8, 4) is 0 Å². The van der Waals surface area contributed by atoms with Gasteiger partial charge in [-0.25, -0.2) is 0 Å². The normalized spacial score (nSPS) is 17.0. The van der Waals surface area contributed by atoms with Gasteiger partial charge in [-0.05, 0) is 18.4 Å². The smallest absolute Gasteiger partial charge is 0.245 e. The Morgan fingerprint density at radius 2 is 2.21 bits per heavy atom. The number of rotatable bonds is 4. The molecule has 1 N–H and O–H groups in total. The third kappa shape index (κ3) is 4.04. The number of carbonyl (C=O) groups excluding carboxylic acids is 2. The van der Waals surface area contributed by atoms with Crippen LogP contribution in [0.3, 0.4) is 0 Å². The van der Waals surface area contributed by atoms with Gasteiger partial charge in [0.05, 0.1) is 19.6 Å². The number of carbonyl (C=O) groups is 2. The topological polar surface area (TPSA) is 58.6 Å². The largest absolute Gasteiger partial charge is 0.378 e. The Morgan fingerprint density at radius 3 is 2.84 bits per heavy atom. The molecule has 1 aromatic rings. The van der Waals surface area contributed by atoms with Gasteiger partial charge in [0.15, 0.2) is 0 Å². The predicted octanol–water partition coefficient (Wildman–Crippen LogP) is 0.654. The molecule has 0 aromatic carbocycles. The van der Waals surface area contributed by atoms with Crippen LogP contribution in [-0.2, 0) is 20.7 Å². The molecule has 1 aliphatic heterocycles. The number of hydrogen-bond acceptors (Lipinski definition) is 4. The van der Waals surface area contributed by atoms with Crippen molar-refractivity contribution in [2.75, 3.05) is 26.3 Å². The van der Waals surface area contributed by atoms with Crippen molar-refractivity contribution >= 4 is 23.2 Å². The van der Waals surface area contributed by atoms with E-state index >= 15 is 0 Å². The standard InChI is InChI=1S/C13H18N2O3S/c1-10(13(17)15-4-6-18-7-5-15)14-12(16)9-11-3-2-8-19-11/h2-3,8,10H,4-7,9H2,1H3,(H,14,16)/t10-/m0/s1. The lowest BCUT2D eigenvalue weighted by molar-refractivity contribution is -0.139. The molecule has 1 aromatic heterocycles. The number of hydrogen-bond donors (Lipinski definition) is 1. The second-order valence-electron chi connectivity index (χ2n) is 4.48. The maximum atomic E-state index is 12.1. The van der Waals surface area contributed by atoms with E-state index in [4.69, 9.17) is 4.74 Å². The van der Waals surface area contributed by atoms with Gasteiger partial charge in [-0.15, -0.1) is 11.3 Å². The molecule has 1 atom stereocenters. The van der Waals surface area contributed by atoms with Crippen LogP contribution in [0.2, 0.25) is 0 Å². The second kappa shape index (κ2) is 6.68. The molecule has 6 heteroatoms. The highest BCUT2D eigenvalue weighted by molar-refractivity contribution is 7.10. The van der Waals surface area contributed by atoms with Crippen molar-refractivity contribution in [1.82, 2.24) is 10.2 Å². The third-order valence-electron chi connectivity index (χ3n) is 2.99. The number of nitrogens with one attached hydrogen (secondary N) is 1. The van der Waals surface area contributed by atoms with Gasteiger partial charge in [0.25, 0.3) is 0 Å². The molecule has 0 radical (unpaired) electrons. The molecule has 2 rings (SSSR count). The number of morpholine rings is 1. The molecule has 1 fully saturated rings. The average molecular weight is 282 g/mol. The van der Waals surface area contributed by atoms with Gasteiger partial charge in [-0.3, -0.25) is 9.59 Å². The minimum Gasteiger partial charge on any atom is -0.378 e. The number of ether oxygens (including phenoxy) is 1. The Morgan fingerprint density at radius 1 is 1.47 bits per heavy atom. The van der Waals surface area contributed by atoms with Gasteiger partial charge >= 0.3 is 0 Å². The van der Waals surface area contributed by atoms with Gasteiger partial charge in [0, 0.05) is 18.0 Å². The van der Waals surface area contributed by atoms with Crippen LogP contribution in [0.4, 0.5) is 0 Å². The summed E-state index contributed by atoms with van der Waals surface area (Å²) in [7, 11) is 0. The Kier molecular flexibility index (Phi) is 4.93. The van der Waals surface area contributed by atoms with Crippen molar-refractivity contribution in [3.05, 3.63) is 22.4 Å². The maximum Gasteiger partial charge on any atom is 0.245 e. The zero-order valence-electron chi connectivity index (χ0n) is 10.9. The van der Waals surface area contributed by atoms with Crippen LogP contribution in [0.25, 0.3) is 0 Å². The Hall–Kier alpha value is -1.40. The molecule has 0 spiro atoms. The second-order valence-corrected chi connectivity index (χ2v) is 5.52. The number of nitrogens with zero attached hydrogens (tertiary/aromatic N) is 1. The molecule has 5 nitrogen and oxygen atoms in total. The zero-order valence-corrected chi connectivity index (χ0v) is 11.7. The first-order chi connectivity index (χ1) is 9.16. The fraction of sp³-hybridized carbons (Fsp3) is 0.538. The van der Waals surface area contributed by atoms with Crippen molar-refractivity contribution in [1.29, 1.82) is 0 Å². The first kappa shape index (κ1) is 14.0. The molecule has 0 aliphatic carbocycles. The first-order valence-corrected chi connectivity index (χ1v) is 7.23. The van der Waals surface area contributed by atoms with Crippen molar-refractivity contribution in [2.24, 2.45) is 0 Å². The quantitative estimate of drug-likeness (QED) is 0.882. The SMILES string of the molecule is C[C@H](NC(=O)Cc1cccs1)C(=O)N1CCOCC1. The number of thiophene rings is 1. The summed E-state index contributed by atoms with van der Waals surface area (Å²) < 4.78 is 5.20. The van der Waals surface area contributed by atoms with E-state index in [0.29, 0.717) is 32.7 Å². The summed E-state index contributed by atoms with van der Waals surface area (Å²) in [6.07, 6.45) is 0.332. The van der Waals surface area contributed by atoms with Gasteiger partial charge in [0.2, 0.25) is 11.8 Å². The fourth-order valence-corrected chi connectivity index (χ4v) is 2.69. The van der Waals surface area contributed by atoms with Crippen molar-refractivity contribution < 1.29 is 14.3 Å². The molecule has 19 heavy (non-hydrogen) atoms. The summed E-state index contributed by atoms with van der Waals surface area (Å²) in [5, 5.41) is 4.69. The summed E-state index contributed by atoms with van der Waals surface area (Å²) in [5.41, 5.74) is 0. The lowest BCUT2D eigenvalue weighted by Gasteiger charge is -2.29. The van der Waals surface area contributed by atoms with Gasteiger partial charge < -0.3 is 15.0 Å². The lowest BCUT2D eigenvalue weighted by atomic mass is 10.2. The molecule has 1 saturated heterocycles. The van der Waals surface area contributed by atoms with Crippen LogP contribution in [0.1, 0.15) is 11.8 Å². The predicted molar refractivity (Wildman–Crippen MR) is 73.0 cm³/mol. The molecule has 1 aliphatic rings. The highest BCUT2D eigenvalue weighted by Gasteiger charge is 2.23. The van der Waals surface area contributed by atoms with Crippen LogP contribution in [0.5, 0.6) is 0 Å². The van der Waals surface area contributed by atoms with Crippen LogP contribution < -0.4 is 5.32 Å². The average Bonchev–Trinajstić information content (AvgIpc) is 2.91. The van der Waals surface area contributed by atoms with Crippen molar-refractivity contribution in [3.63, 3.8) is 0 Å². The molecule has 0 unspecified atom stereocenters. The van der Waals surface area contributed by atoms with Crippen LogP contribution in [0, 0.1) is 0 Å². The molecular weight excluding hydrogens is 264 g/mol. The monoisotopic (exact) mass is 282 g/mol. The summed E-state index contributed by atoms with van der Waals surface area (Å²) in [5.74, 6) is -0.153. The Balaban J connectivity index is 1.80. The highest BCUT2D eigenvalue weighted by Crippen LogP contribution is 2.09. The minimum atomic E-state index is -0.481. The third-order valence-corrected chi connectivity index (χ3v) is 3.86. The molecule has 2 amide bonds. The first-order valence-electron chi connectivity index (χ1n) is 6.35. The highest BCUT2D eigenvalue weighted by atomic mass is 32.1. The van der Waals surface area contributed by atoms with Gasteiger partial charge in [0.1, 0.15) is 6.04 Å². The van der Waals surface area contributed by atoms with Gasteiger partial charge in [-0.1, -0.05) is 6.07 Å². The van der Waals surface area contributed by atoms with Crippen LogP contribution >= 0.6 is 11.3 Å². The summed E-state index contributed by atoms with van der Waals surface area (Å²) in [6, 6.07) is 3.35. The molecule has 2 heterocycles. The van der Waals surface area contributed by atoms with Crippen LogP contribution in [-0.4, -0.2) is 49.1 Å². The summed E-state index contributed by atoms with van der Waals surface area (Å²) >= 11 is 1.54. The van der Waals surface area contributed by atoms with E-state index in [1.807, 2.05) is 17.5 Å². The molecule has 104 valence electrons.